The van der Waals surface area contributed by atoms with E-state index >= 15 is 0 Å². The Morgan fingerprint density at radius 2 is 2.10 bits per heavy atom. The standard InChI is InChI=1S/C16H28N2O2/c1-5-16(4)15(19)18(14(17-16)10(2)3)12-8-9-20-13(12)11-6-7-11/h10-14,17H,5-9H2,1-4H3. The number of carbonyl (C=O) groups is 1. The van der Waals surface area contributed by atoms with E-state index in [4.69, 9.17) is 4.74 Å². The Bertz CT molecular complexity index is 394. The van der Waals surface area contributed by atoms with E-state index in [9.17, 15) is 4.79 Å². The van der Waals surface area contributed by atoms with Crippen LogP contribution in [0.5, 0.6) is 0 Å². The van der Waals surface area contributed by atoms with Crippen molar-refractivity contribution in [3.63, 3.8) is 0 Å². The smallest absolute Gasteiger partial charge is 0.244 e. The fourth-order valence-electron chi connectivity index (χ4n) is 3.74. The van der Waals surface area contributed by atoms with Gasteiger partial charge >= 0.3 is 0 Å². The van der Waals surface area contributed by atoms with E-state index in [0.29, 0.717) is 11.8 Å². The van der Waals surface area contributed by atoms with Gasteiger partial charge in [-0.3, -0.25) is 10.1 Å². The molecular formula is C16H28N2O2. The van der Waals surface area contributed by atoms with Crippen LogP contribution in [0.25, 0.3) is 0 Å². The fourth-order valence-corrected chi connectivity index (χ4v) is 3.74. The van der Waals surface area contributed by atoms with Crippen LogP contribution in [0, 0.1) is 11.8 Å². The second kappa shape index (κ2) is 4.99. The van der Waals surface area contributed by atoms with Gasteiger partial charge in [-0.15, -0.1) is 0 Å². The van der Waals surface area contributed by atoms with Crippen LogP contribution in [0.2, 0.25) is 0 Å². The van der Waals surface area contributed by atoms with E-state index in [-0.39, 0.29) is 24.2 Å². The minimum atomic E-state index is -0.397. The molecule has 1 saturated carbocycles. The summed E-state index contributed by atoms with van der Waals surface area (Å²) >= 11 is 0. The molecule has 0 aromatic carbocycles. The van der Waals surface area contributed by atoms with Gasteiger partial charge in [0.25, 0.3) is 0 Å². The third-order valence-electron chi connectivity index (χ3n) is 5.36. The summed E-state index contributed by atoms with van der Waals surface area (Å²) in [5, 5.41) is 3.59. The van der Waals surface area contributed by atoms with Crippen LogP contribution in [0.3, 0.4) is 0 Å². The summed E-state index contributed by atoms with van der Waals surface area (Å²) in [4.78, 5) is 15.1. The summed E-state index contributed by atoms with van der Waals surface area (Å²) < 4.78 is 5.96. The maximum absolute atomic E-state index is 13.0. The quantitative estimate of drug-likeness (QED) is 0.858. The molecule has 114 valence electrons. The SMILES string of the molecule is CCC1(C)NC(C(C)C)N(C2CCOC2C2CC2)C1=O. The number of rotatable bonds is 4. The first-order chi connectivity index (χ1) is 9.48. The number of hydrogen-bond donors (Lipinski definition) is 1. The third kappa shape index (κ3) is 2.17. The molecule has 3 aliphatic rings. The Hall–Kier alpha value is -0.610. The maximum atomic E-state index is 13.0. The first-order valence-corrected chi connectivity index (χ1v) is 8.20. The van der Waals surface area contributed by atoms with Gasteiger partial charge in [0.2, 0.25) is 5.91 Å². The van der Waals surface area contributed by atoms with E-state index in [1.165, 1.54) is 12.8 Å². The van der Waals surface area contributed by atoms with Crippen molar-refractivity contribution in [2.24, 2.45) is 11.8 Å². The molecule has 3 rings (SSSR count). The van der Waals surface area contributed by atoms with E-state index in [1.54, 1.807) is 0 Å². The lowest BCUT2D eigenvalue weighted by molar-refractivity contribution is -0.137. The van der Waals surface area contributed by atoms with Gasteiger partial charge in [0.05, 0.1) is 23.9 Å². The zero-order valence-corrected chi connectivity index (χ0v) is 13.2. The minimum Gasteiger partial charge on any atom is -0.376 e. The van der Waals surface area contributed by atoms with Crippen LogP contribution in [-0.4, -0.2) is 41.3 Å². The molecule has 2 heterocycles. The highest BCUT2D eigenvalue weighted by Crippen LogP contribution is 2.42. The van der Waals surface area contributed by atoms with Gasteiger partial charge in [-0.25, -0.2) is 0 Å². The molecule has 0 spiro atoms. The average Bonchev–Trinajstić information content (AvgIpc) is 3.09. The largest absolute Gasteiger partial charge is 0.376 e. The zero-order valence-electron chi connectivity index (χ0n) is 13.2. The summed E-state index contributed by atoms with van der Waals surface area (Å²) in [6, 6.07) is 0.281. The molecular weight excluding hydrogens is 252 g/mol. The van der Waals surface area contributed by atoms with E-state index in [1.807, 2.05) is 6.92 Å². The Morgan fingerprint density at radius 1 is 1.40 bits per heavy atom. The summed E-state index contributed by atoms with van der Waals surface area (Å²) in [5.41, 5.74) is -0.397. The molecule has 0 bridgehead atoms. The highest BCUT2D eigenvalue weighted by molar-refractivity contribution is 5.88. The molecule has 1 N–H and O–H groups in total. The molecule has 0 aromatic heterocycles. The van der Waals surface area contributed by atoms with Gasteiger partial charge in [0.1, 0.15) is 0 Å². The van der Waals surface area contributed by atoms with Crippen LogP contribution >= 0.6 is 0 Å². The van der Waals surface area contributed by atoms with Crippen molar-refractivity contribution in [2.45, 2.75) is 77.2 Å². The highest BCUT2D eigenvalue weighted by Gasteiger charge is 2.54. The van der Waals surface area contributed by atoms with Gasteiger partial charge in [-0.2, -0.15) is 0 Å². The second-order valence-electron chi connectivity index (χ2n) is 7.26. The Labute approximate surface area is 122 Å². The molecule has 1 amide bonds. The Morgan fingerprint density at radius 3 is 2.65 bits per heavy atom. The predicted molar refractivity (Wildman–Crippen MR) is 78.2 cm³/mol. The molecule has 20 heavy (non-hydrogen) atoms. The molecule has 4 heteroatoms. The van der Waals surface area contributed by atoms with Crippen LogP contribution in [0.15, 0.2) is 0 Å². The molecule has 2 saturated heterocycles. The number of nitrogens with one attached hydrogen (secondary N) is 1. The third-order valence-corrected chi connectivity index (χ3v) is 5.36. The highest BCUT2D eigenvalue weighted by atomic mass is 16.5. The lowest BCUT2D eigenvalue weighted by atomic mass is 9.97. The number of amides is 1. The molecule has 1 aliphatic carbocycles. The molecule has 2 aliphatic heterocycles. The van der Waals surface area contributed by atoms with E-state index in [2.05, 4.69) is 31.0 Å². The summed E-state index contributed by atoms with van der Waals surface area (Å²) in [6.45, 7) is 9.34. The molecule has 3 fully saturated rings. The first kappa shape index (κ1) is 14.3. The zero-order chi connectivity index (χ0) is 14.5. The normalized spacial score (nSPS) is 42.0. The molecule has 4 atom stereocenters. The summed E-state index contributed by atoms with van der Waals surface area (Å²) in [7, 11) is 0. The topological polar surface area (TPSA) is 41.6 Å². The van der Waals surface area contributed by atoms with Crippen molar-refractivity contribution in [2.75, 3.05) is 6.61 Å². The van der Waals surface area contributed by atoms with Crippen LogP contribution in [-0.2, 0) is 9.53 Å². The van der Waals surface area contributed by atoms with Crippen molar-refractivity contribution in [1.29, 1.82) is 0 Å². The lowest BCUT2D eigenvalue weighted by Crippen LogP contribution is -2.51. The molecule has 4 unspecified atom stereocenters. The van der Waals surface area contributed by atoms with Crippen molar-refractivity contribution in [3.8, 4) is 0 Å². The second-order valence-corrected chi connectivity index (χ2v) is 7.26. The number of nitrogens with zero attached hydrogens (tertiary/aromatic N) is 1. The number of carbonyl (C=O) groups excluding carboxylic acids is 1. The summed E-state index contributed by atoms with van der Waals surface area (Å²) in [5.74, 6) is 1.39. The van der Waals surface area contributed by atoms with Crippen LogP contribution in [0.4, 0.5) is 0 Å². The van der Waals surface area contributed by atoms with Crippen molar-refractivity contribution in [3.05, 3.63) is 0 Å². The van der Waals surface area contributed by atoms with Crippen LogP contribution in [0.1, 0.15) is 53.4 Å². The molecule has 4 nitrogen and oxygen atoms in total. The van der Waals surface area contributed by atoms with Gasteiger partial charge in [-0.05, 0) is 44.4 Å². The Kier molecular flexibility index (Phi) is 3.57. The maximum Gasteiger partial charge on any atom is 0.244 e. The fraction of sp³-hybridized carbons (Fsp3) is 0.938. The average molecular weight is 280 g/mol. The van der Waals surface area contributed by atoms with Crippen molar-refractivity contribution in [1.82, 2.24) is 10.2 Å². The monoisotopic (exact) mass is 280 g/mol. The number of ether oxygens (including phenoxy) is 1. The molecule has 0 aromatic rings. The van der Waals surface area contributed by atoms with Crippen LogP contribution < -0.4 is 5.32 Å². The van der Waals surface area contributed by atoms with Gasteiger partial charge in [0, 0.05) is 6.61 Å². The summed E-state index contributed by atoms with van der Waals surface area (Å²) in [6.07, 6.45) is 4.81. The molecule has 0 radical (unpaired) electrons. The van der Waals surface area contributed by atoms with Gasteiger partial charge in [0.15, 0.2) is 0 Å². The van der Waals surface area contributed by atoms with Crippen molar-refractivity contribution < 1.29 is 9.53 Å². The van der Waals surface area contributed by atoms with E-state index < -0.39 is 5.54 Å². The first-order valence-electron chi connectivity index (χ1n) is 8.20. The van der Waals surface area contributed by atoms with Gasteiger partial charge < -0.3 is 9.64 Å². The van der Waals surface area contributed by atoms with Gasteiger partial charge in [-0.1, -0.05) is 20.8 Å². The lowest BCUT2D eigenvalue weighted by Gasteiger charge is -2.35. The Balaban J connectivity index is 1.86. The minimum absolute atomic E-state index is 0.153. The number of hydrogen-bond acceptors (Lipinski definition) is 3. The predicted octanol–water partition coefficient (Wildman–Crippen LogP) is 2.14. The van der Waals surface area contributed by atoms with Crippen molar-refractivity contribution >= 4 is 5.91 Å². The van der Waals surface area contributed by atoms with E-state index in [0.717, 1.165) is 19.4 Å².